The van der Waals surface area contributed by atoms with E-state index in [0.717, 1.165) is 24.9 Å². The monoisotopic (exact) mass is 373 g/mol. The van der Waals surface area contributed by atoms with Crippen molar-refractivity contribution in [3.63, 3.8) is 0 Å². The number of aromatic nitrogens is 4. The minimum atomic E-state index is -0.365. The van der Waals surface area contributed by atoms with E-state index in [1.165, 1.54) is 15.4 Å². The van der Waals surface area contributed by atoms with Crippen LogP contribution in [0.1, 0.15) is 20.3 Å². The Morgan fingerprint density at radius 2 is 2.00 bits per heavy atom. The minimum Gasteiger partial charge on any atom is -0.341 e. The number of hydrogen-bond donors (Lipinski definition) is 0. The molecule has 0 aliphatic carbocycles. The Morgan fingerprint density at radius 1 is 1.27 bits per heavy atom. The maximum Gasteiger partial charge on any atom is 0.352 e. The highest BCUT2D eigenvalue weighted by Crippen LogP contribution is 2.22. The summed E-state index contributed by atoms with van der Waals surface area (Å²) in [5.74, 6) is 0.867. The summed E-state index contributed by atoms with van der Waals surface area (Å²) in [7, 11) is 0. The van der Waals surface area contributed by atoms with Gasteiger partial charge < -0.3 is 4.90 Å². The zero-order valence-electron chi connectivity index (χ0n) is 14.7. The molecule has 1 amide bonds. The van der Waals surface area contributed by atoms with Crippen LogP contribution in [0.5, 0.6) is 0 Å². The first kappa shape index (κ1) is 17.0. The van der Waals surface area contributed by atoms with E-state index in [4.69, 9.17) is 11.6 Å². The van der Waals surface area contributed by atoms with Gasteiger partial charge in [-0.05, 0) is 36.5 Å². The highest BCUT2D eigenvalue weighted by molar-refractivity contribution is 6.31. The summed E-state index contributed by atoms with van der Waals surface area (Å²) < 4.78 is 2.59. The van der Waals surface area contributed by atoms with E-state index in [9.17, 15) is 9.59 Å². The molecule has 1 saturated heterocycles. The average molecular weight is 374 g/mol. The van der Waals surface area contributed by atoms with Crippen LogP contribution >= 0.6 is 11.6 Å². The fourth-order valence-electron chi connectivity index (χ4n) is 3.83. The first-order chi connectivity index (χ1) is 12.4. The number of fused-ring (bicyclic) bond motifs is 3. The van der Waals surface area contributed by atoms with E-state index >= 15 is 0 Å². The van der Waals surface area contributed by atoms with Crippen LogP contribution in [-0.2, 0) is 11.3 Å². The number of carbonyl (C=O) groups is 1. The Labute approximate surface area is 155 Å². The highest BCUT2D eigenvalue weighted by atomic mass is 35.5. The third kappa shape index (κ3) is 2.96. The van der Waals surface area contributed by atoms with Gasteiger partial charge in [0.1, 0.15) is 12.9 Å². The summed E-state index contributed by atoms with van der Waals surface area (Å²) in [5.41, 5.74) is 0.771. The second-order valence-electron chi connectivity index (χ2n) is 7.28. The maximum atomic E-state index is 12.7. The third-order valence-electron chi connectivity index (χ3n) is 4.89. The third-order valence-corrected chi connectivity index (χ3v) is 5.13. The molecule has 1 aliphatic heterocycles. The molecule has 0 bridgehead atoms. The Hall–Kier alpha value is -2.41. The molecule has 7 nitrogen and oxygen atoms in total. The smallest absolute Gasteiger partial charge is 0.341 e. The van der Waals surface area contributed by atoms with Crippen LogP contribution in [-0.4, -0.2) is 43.1 Å². The van der Waals surface area contributed by atoms with Crippen LogP contribution in [0.4, 0.5) is 0 Å². The van der Waals surface area contributed by atoms with Gasteiger partial charge >= 0.3 is 5.69 Å². The molecule has 26 heavy (non-hydrogen) atoms. The fraction of sp³-hybridized carbons (Fsp3) is 0.444. The molecule has 3 heterocycles. The molecule has 2 unspecified atom stereocenters. The van der Waals surface area contributed by atoms with Crippen molar-refractivity contribution in [1.29, 1.82) is 0 Å². The van der Waals surface area contributed by atoms with Gasteiger partial charge in [-0.15, -0.1) is 5.10 Å². The van der Waals surface area contributed by atoms with E-state index < -0.39 is 0 Å². The largest absolute Gasteiger partial charge is 0.352 e. The Balaban J connectivity index is 1.68. The SMILES string of the molecule is CC1CC(C)CN(C(=O)Cn2nc3c4ccc(Cl)cc4ncn3c2=O)C1. The first-order valence-electron chi connectivity index (χ1n) is 8.73. The molecule has 8 heteroatoms. The number of hydrogen-bond acceptors (Lipinski definition) is 4. The number of halogens is 1. The lowest BCUT2D eigenvalue weighted by Crippen LogP contribution is -2.45. The number of rotatable bonds is 2. The second-order valence-corrected chi connectivity index (χ2v) is 7.72. The van der Waals surface area contributed by atoms with E-state index in [0.29, 0.717) is 28.0 Å². The van der Waals surface area contributed by atoms with Crippen molar-refractivity contribution in [3.8, 4) is 0 Å². The van der Waals surface area contributed by atoms with Crippen molar-refractivity contribution in [1.82, 2.24) is 24.1 Å². The molecule has 3 aromatic rings. The standard InChI is InChI=1S/C18H20ClN5O2/c1-11-5-12(2)8-22(7-11)16(25)9-24-18(26)23-10-20-15-6-13(19)3-4-14(15)17(23)21-24/h3-4,6,10-12H,5,7-9H2,1-2H3. The number of nitrogens with zero attached hydrogens (tertiary/aromatic N) is 5. The molecule has 2 atom stereocenters. The Morgan fingerprint density at radius 3 is 2.73 bits per heavy atom. The molecule has 0 saturated carbocycles. The summed E-state index contributed by atoms with van der Waals surface area (Å²) in [4.78, 5) is 31.4. The van der Waals surface area contributed by atoms with Crippen LogP contribution in [0, 0.1) is 11.8 Å². The van der Waals surface area contributed by atoms with Crippen molar-refractivity contribution in [3.05, 3.63) is 40.0 Å². The maximum absolute atomic E-state index is 12.7. The van der Waals surface area contributed by atoms with Gasteiger partial charge in [0.2, 0.25) is 5.91 Å². The van der Waals surface area contributed by atoms with Gasteiger partial charge in [-0.2, -0.15) is 0 Å². The summed E-state index contributed by atoms with van der Waals surface area (Å²) in [6.45, 7) is 5.70. The number of likely N-dealkylation sites (tertiary alicyclic amines) is 1. The van der Waals surface area contributed by atoms with Gasteiger partial charge in [0.25, 0.3) is 0 Å². The number of benzene rings is 1. The van der Waals surface area contributed by atoms with Crippen molar-refractivity contribution < 1.29 is 4.79 Å². The Bertz CT molecular complexity index is 1050. The first-order valence-corrected chi connectivity index (χ1v) is 9.11. The van der Waals surface area contributed by atoms with E-state index in [1.807, 2.05) is 4.90 Å². The molecule has 1 aliphatic rings. The van der Waals surface area contributed by atoms with E-state index in [1.54, 1.807) is 18.2 Å². The molecule has 136 valence electrons. The lowest BCUT2D eigenvalue weighted by molar-refractivity contribution is -0.134. The van der Waals surface area contributed by atoms with Gasteiger partial charge in [0.05, 0.1) is 5.52 Å². The summed E-state index contributed by atoms with van der Waals surface area (Å²) >= 11 is 6.00. The average Bonchev–Trinajstić information content (AvgIpc) is 2.90. The zero-order chi connectivity index (χ0) is 18.4. The normalized spacial score (nSPS) is 20.8. The van der Waals surface area contributed by atoms with Crippen molar-refractivity contribution >= 4 is 34.1 Å². The predicted octanol–water partition coefficient (Wildman–Crippen LogP) is 2.20. The van der Waals surface area contributed by atoms with Crippen molar-refractivity contribution in [2.24, 2.45) is 11.8 Å². The molecule has 1 aromatic carbocycles. The molecular formula is C18H20ClN5O2. The molecule has 0 radical (unpaired) electrons. The predicted molar refractivity (Wildman–Crippen MR) is 99.3 cm³/mol. The molecule has 0 spiro atoms. The topological polar surface area (TPSA) is 72.5 Å². The summed E-state index contributed by atoms with van der Waals surface area (Å²) in [6, 6.07) is 5.24. The van der Waals surface area contributed by atoms with Gasteiger partial charge in [0, 0.05) is 23.5 Å². The number of amides is 1. The quantitative estimate of drug-likeness (QED) is 0.690. The van der Waals surface area contributed by atoms with Gasteiger partial charge in [-0.25, -0.2) is 18.9 Å². The van der Waals surface area contributed by atoms with E-state index in [2.05, 4.69) is 23.9 Å². The lowest BCUT2D eigenvalue weighted by Gasteiger charge is -2.34. The second kappa shape index (κ2) is 6.39. The van der Waals surface area contributed by atoms with Crippen LogP contribution < -0.4 is 5.69 Å². The van der Waals surface area contributed by atoms with Gasteiger partial charge in [-0.1, -0.05) is 25.4 Å². The van der Waals surface area contributed by atoms with Gasteiger partial charge in [-0.3, -0.25) is 4.79 Å². The Kier molecular flexibility index (Phi) is 4.19. The van der Waals surface area contributed by atoms with Crippen LogP contribution in [0.25, 0.3) is 16.6 Å². The number of carbonyl (C=O) groups excluding carboxylic acids is 1. The minimum absolute atomic E-state index is 0.0605. The summed E-state index contributed by atoms with van der Waals surface area (Å²) in [6.07, 6.45) is 2.55. The van der Waals surface area contributed by atoms with Crippen LogP contribution in [0.3, 0.4) is 0 Å². The lowest BCUT2D eigenvalue weighted by atomic mass is 9.92. The van der Waals surface area contributed by atoms with Gasteiger partial charge in [0.15, 0.2) is 5.65 Å². The van der Waals surface area contributed by atoms with E-state index in [-0.39, 0.29) is 18.1 Å². The van der Waals surface area contributed by atoms with Crippen molar-refractivity contribution in [2.45, 2.75) is 26.8 Å². The van der Waals surface area contributed by atoms with Crippen LogP contribution in [0.2, 0.25) is 5.02 Å². The molecular weight excluding hydrogens is 354 g/mol. The number of piperidine rings is 1. The van der Waals surface area contributed by atoms with Crippen molar-refractivity contribution in [2.75, 3.05) is 13.1 Å². The molecule has 0 N–H and O–H groups in total. The zero-order valence-corrected chi connectivity index (χ0v) is 15.5. The van der Waals surface area contributed by atoms with Crippen LogP contribution in [0.15, 0.2) is 29.3 Å². The highest BCUT2D eigenvalue weighted by Gasteiger charge is 2.26. The summed E-state index contributed by atoms with van der Waals surface area (Å²) in [5, 5.41) is 5.67. The molecule has 2 aromatic heterocycles. The fourth-order valence-corrected chi connectivity index (χ4v) is 3.99. The molecule has 4 rings (SSSR count). The molecule has 1 fully saturated rings.